The minimum absolute atomic E-state index is 0.0310. The van der Waals surface area contributed by atoms with E-state index in [9.17, 15) is 4.79 Å². The van der Waals surface area contributed by atoms with Crippen LogP contribution in [0.3, 0.4) is 0 Å². The first kappa shape index (κ1) is 14.9. The van der Waals surface area contributed by atoms with E-state index in [1.807, 2.05) is 12.1 Å². The van der Waals surface area contributed by atoms with Crippen LogP contribution in [0.4, 0.5) is 0 Å². The lowest BCUT2D eigenvalue weighted by Gasteiger charge is -2.18. The number of carbonyl (C=O) groups is 1. The molecule has 0 radical (unpaired) electrons. The molecule has 1 amide bonds. The molecule has 1 aromatic rings. The summed E-state index contributed by atoms with van der Waals surface area (Å²) in [7, 11) is 0. The van der Waals surface area contributed by atoms with E-state index in [2.05, 4.69) is 12.2 Å². The summed E-state index contributed by atoms with van der Waals surface area (Å²) in [4.78, 5) is 12.0. The third-order valence-corrected chi connectivity index (χ3v) is 4.11. The second-order valence-electron chi connectivity index (χ2n) is 5.64. The second kappa shape index (κ2) is 6.27. The number of ether oxygens (including phenoxy) is 1. The quantitative estimate of drug-likeness (QED) is 0.803. The van der Waals surface area contributed by atoms with Gasteiger partial charge in [-0.05, 0) is 49.3 Å². The minimum Gasteiger partial charge on any atom is -0.481 e. The number of benzene rings is 1. The topological polar surface area (TPSA) is 58.6 Å². The molecule has 1 unspecified atom stereocenters. The van der Waals surface area contributed by atoms with E-state index < -0.39 is 6.10 Å². The predicted octanol–water partition coefficient (Wildman–Crippen LogP) is 2.25. The molecule has 2 N–H and O–H groups in total. The average Bonchev–Trinajstić information content (AvgIpc) is 3.25. The van der Waals surface area contributed by atoms with Crippen molar-refractivity contribution in [3.05, 3.63) is 29.8 Å². The van der Waals surface area contributed by atoms with Crippen molar-refractivity contribution in [1.82, 2.24) is 5.32 Å². The molecule has 1 fully saturated rings. The maximum atomic E-state index is 12.0. The highest BCUT2D eigenvalue weighted by Crippen LogP contribution is 2.47. The highest BCUT2D eigenvalue weighted by atomic mass is 16.5. The smallest absolute Gasteiger partial charge is 0.260 e. The van der Waals surface area contributed by atoms with Gasteiger partial charge in [0.15, 0.2) is 6.10 Å². The molecule has 2 rings (SSSR count). The molecule has 1 aliphatic rings. The Bertz CT molecular complexity index is 469. The average molecular weight is 277 g/mol. The van der Waals surface area contributed by atoms with Gasteiger partial charge in [-0.25, -0.2) is 0 Å². The highest BCUT2D eigenvalue weighted by molar-refractivity contribution is 5.80. The van der Waals surface area contributed by atoms with E-state index in [1.54, 1.807) is 19.1 Å². The van der Waals surface area contributed by atoms with E-state index in [4.69, 9.17) is 9.84 Å². The fourth-order valence-electron chi connectivity index (χ4n) is 2.23. The Morgan fingerprint density at radius 2 is 2.25 bits per heavy atom. The lowest BCUT2D eigenvalue weighted by molar-refractivity contribution is -0.127. The van der Waals surface area contributed by atoms with Gasteiger partial charge in [-0.1, -0.05) is 19.1 Å². The van der Waals surface area contributed by atoms with E-state index >= 15 is 0 Å². The Morgan fingerprint density at radius 1 is 1.50 bits per heavy atom. The molecular weight excluding hydrogens is 254 g/mol. The molecule has 0 bridgehead atoms. The molecule has 0 saturated heterocycles. The van der Waals surface area contributed by atoms with Crippen LogP contribution in [-0.4, -0.2) is 23.7 Å². The number of rotatable bonds is 7. The first-order valence-corrected chi connectivity index (χ1v) is 7.23. The molecule has 1 saturated carbocycles. The lowest BCUT2D eigenvalue weighted by atomic mass is 10.0. The van der Waals surface area contributed by atoms with Crippen LogP contribution in [-0.2, 0) is 11.4 Å². The maximum Gasteiger partial charge on any atom is 0.260 e. The molecule has 0 spiro atoms. The van der Waals surface area contributed by atoms with E-state index in [0.29, 0.717) is 11.2 Å². The zero-order valence-corrected chi connectivity index (χ0v) is 12.2. The zero-order valence-electron chi connectivity index (χ0n) is 12.2. The molecule has 4 nitrogen and oxygen atoms in total. The second-order valence-corrected chi connectivity index (χ2v) is 5.64. The third kappa shape index (κ3) is 3.73. The number of hydrogen-bond donors (Lipinski definition) is 2. The van der Waals surface area contributed by atoms with E-state index in [0.717, 1.165) is 18.5 Å². The normalized spacial score (nSPS) is 17.4. The van der Waals surface area contributed by atoms with Crippen LogP contribution in [0.25, 0.3) is 0 Å². The molecule has 0 heterocycles. The van der Waals surface area contributed by atoms with Crippen LogP contribution >= 0.6 is 0 Å². The van der Waals surface area contributed by atoms with Gasteiger partial charge >= 0.3 is 0 Å². The van der Waals surface area contributed by atoms with Crippen molar-refractivity contribution in [1.29, 1.82) is 0 Å². The van der Waals surface area contributed by atoms with E-state index in [-0.39, 0.29) is 12.5 Å². The van der Waals surface area contributed by atoms with Gasteiger partial charge in [0.1, 0.15) is 5.75 Å². The highest BCUT2D eigenvalue weighted by Gasteiger charge is 2.40. The molecule has 0 aliphatic heterocycles. The first-order valence-electron chi connectivity index (χ1n) is 7.23. The van der Waals surface area contributed by atoms with Gasteiger partial charge in [0.25, 0.3) is 5.91 Å². The van der Waals surface area contributed by atoms with Crippen molar-refractivity contribution in [3.8, 4) is 5.75 Å². The summed E-state index contributed by atoms with van der Waals surface area (Å²) in [6.07, 6.45) is 2.99. The Kier molecular flexibility index (Phi) is 4.65. The fraction of sp³-hybridized carbons (Fsp3) is 0.562. The lowest BCUT2D eigenvalue weighted by Crippen LogP contribution is -2.39. The summed E-state index contributed by atoms with van der Waals surface area (Å²) in [5.41, 5.74) is 1.12. The van der Waals surface area contributed by atoms with Crippen molar-refractivity contribution in [2.24, 2.45) is 5.41 Å². The summed E-state index contributed by atoms with van der Waals surface area (Å²) < 4.78 is 5.61. The predicted molar refractivity (Wildman–Crippen MR) is 77.4 cm³/mol. The molecule has 110 valence electrons. The van der Waals surface area contributed by atoms with Crippen LogP contribution in [0, 0.1) is 5.41 Å². The summed E-state index contributed by atoms with van der Waals surface area (Å²) in [5.74, 6) is 0.523. The summed E-state index contributed by atoms with van der Waals surface area (Å²) in [6.45, 7) is 4.62. The largest absolute Gasteiger partial charge is 0.481 e. The third-order valence-electron chi connectivity index (χ3n) is 4.11. The molecule has 1 aliphatic carbocycles. The van der Waals surface area contributed by atoms with Crippen LogP contribution < -0.4 is 10.1 Å². The van der Waals surface area contributed by atoms with Crippen LogP contribution in [0.2, 0.25) is 0 Å². The van der Waals surface area contributed by atoms with Crippen molar-refractivity contribution in [3.63, 3.8) is 0 Å². The number of aliphatic hydroxyl groups is 1. The maximum absolute atomic E-state index is 12.0. The monoisotopic (exact) mass is 277 g/mol. The Balaban J connectivity index is 1.84. The summed E-state index contributed by atoms with van der Waals surface area (Å²) in [6, 6.07) is 7.16. The molecule has 0 aromatic heterocycles. The van der Waals surface area contributed by atoms with Gasteiger partial charge in [0, 0.05) is 6.54 Å². The molecular formula is C16H23NO3. The number of amides is 1. The number of hydrogen-bond acceptors (Lipinski definition) is 3. The van der Waals surface area contributed by atoms with Gasteiger partial charge in [0.2, 0.25) is 0 Å². The van der Waals surface area contributed by atoms with Gasteiger partial charge in [-0.2, -0.15) is 0 Å². The standard InChI is InChI=1S/C16H23NO3/c1-3-16(7-8-16)11-17-15(19)12(2)20-14-6-4-5-13(9-14)10-18/h4-6,9,12,18H,3,7-8,10-11H2,1-2H3,(H,17,19). The summed E-state index contributed by atoms with van der Waals surface area (Å²) >= 11 is 0. The Morgan fingerprint density at radius 3 is 2.85 bits per heavy atom. The van der Waals surface area contributed by atoms with Gasteiger partial charge in [-0.3, -0.25) is 4.79 Å². The van der Waals surface area contributed by atoms with Crippen molar-refractivity contribution < 1.29 is 14.6 Å². The molecule has 1 aromatic carbocycles. The summed E-state index contributed by atoms with van der Waals surface area (Å²) in [5, 5.41) is 12.1. The van der Waals surface area contributed by atoms with Gasteiger partial charge < -0.3 is 15.2 Å². The van der Waals surface area contributed by atoms with Crippen LogP contribution in [0.1, 0.15) is 38.7 Å². The minimum atomic E-state index is -0.531. The SMILES string of the molecule is CCC1(CNC(=O)C(C)Oc2cccc(CO)c2)CC1. The van der Waals surface area contributed by atoms with Crippen molar-refractivity contribution in [2.75, 3.05) is 6.54 Å². The Labute approximate surface area is 120 Å². The van der Waals surface area contributed by atoms with Crippen molar-refractivity contribution >= 4 is 5.91 Å². The fourth-order valence-corrected chi connectivity index (χ4v) is 2.23. The number of nitrogens with one attached hydrogen (secondary N) is 1. The zero-order chi connectivity index (χ0) is 14.6. The Hall–Kier alpha value is -1.55. The van der Waals surface area contributed by atoms with Crippen LogP contribution in [0.5, 0.6) is 5.75 Å². The van der Waals surface area contributed by atoms with Crippen molar-refractivity contribution in [2.45, 2.75) is 45.8 Å². The van der Waals surface area contributed by atoms with Gasteiger partial charge in [0.05, 0.1) is 6.61 Å². The molecule has 4 heteroatoms. The number of aliphatic hydroxyl groups excluding tert-OH is 1. The number of carbonyl (C=O) groups excluding carboxylic acids is 1. The van der Waals surface area contributed by atoms with Gasteiger partial charge in [-0.15, -0.1) is 0 Å². The molecule has 1 atom stereocenters. The van der Waals surface area contributed by atoms with Crippen LogP contribution in [0.15, 0.2) is 24.3 Å². The molecule has 20 heavy (non-hydrogen) atoms. The first-order chi connectivity index (χ1) is 9.58. The van der Waals surface area contributed by atoms with E-state index in [1.165, 1.54) is 12.8 Å².